The highest BCUT2D eigenvalue weighted by atomic mass is 32.2. The number of benzene rings is 2. The largest absolute Gasteiger partial charge is 0.355 e. The van der Waals surface area contributed by atoms with Gasteiger partial charge in [0.1, 0.15) is 5.82 Å². The molecule has 0 saturated heterocycles. The average Bonchev–Trinajstić information content (AvgIpc) is 3.39. The van der Waals surface area contributed by atoms with Gasteiger partial charge in [-0.25, -0.2) is 4.98 Å². The lowest BCUT2D eigenvalue weighted by Gasteiger charge is -2.11. The van der Waals surface area contributed by atoms with Crippen LogP contribution in [-0.2, 0) is 17.1 Å². The van der Waals surface area contributed by atoms with Crippen molar-refractivity contribution >= 4 is 51.0 Å². The predicted octanol–water partition coefficient (Wildman–Crippen LogP) is 5.09. The first-order valence-electron chi connectivity index (χ1n) is 10.4. The van der Waals surface area contributed by atoms with Crippen molar-refractivity contribution in [3.63, 3.8) is 0 Å². The van der Waals surface area contributed by atoms with Gasteiger partial charge in [0.25, 0.3) is 0 Å². The third-order valence-corrected chi connectivity index (χ3v) is 7.76. The van der Waals surface area contributed by atoms with Crippen molar-refractivity contribution in [3.05, 3.63) is 66.0 Å². The topological polar surface area (TPSA) is 72.7 Å². The van der Waals surface area contributed by atoms with E-state index in [1.807, 2.05) is 36.4 Å². The number of para-hydroxylation sites is 1. The number of hydrogen-bond donors (Lipinski definition) is 1. The number of aromatic nitrogens is 4. The number of nitrogens with zero attached hydrogens (tertiary/aromatic N) is 4. The van der Waals surface area contributed by atoms with Crippen molar-refractivity contribution in [1.82, 2.24) is 25.1 Å². The molecule has 4 aromatic rings. The summed E-state index contributed by atoms with van der Waals surface area (Å²) in [6, 6.07) is 18.4. The Balaban J connectivity index is 1.48. The van der Waals surface area contributed by atoms with Crippen molar-refractivity contribution in [1.29, 1.82) is 0 Å². The van der Waals surface area contributed by atoms with Gasteiger partial charge in [-0.05, 0) is 23.6 Å². The average molecular weight is 484 g/mol. The van der Waals surface area contributed by atoms with Crippen LogP contribution in [0.4, 0.5) is 0 Å². The third-order valence-electron chi connectivity index (χ3n) is 4.62. The molecule has 0 bridgehead atoms. The smallest absolute Gasteiger partial charge is 0.230 e. The SMILES string of the molecule is CC(C)CNC(=O)CSc1nnc(CSc2nc3ccccc3s2)n1Cc1ccccc1. The second-order valence-corrected chi connectivity index (χ2v) is 10.9. The van der Waals surface area contributed by atoms with E-state index in [0.29, 0.717) is 30.5 Å². The molecule has 1 amide bonds. The van der Waals surface area contributed by atoms with Gasteiger partial charge in [0.05, 0.1) is 28.3 Å². The van der Waals surface area contributed by atoms with Gasteiger partial charge < -0.3 is 9.88 Å². The van der Waals surface area contributed by atoms with Crippen LogP contribution in [0.2, 0.25) is 0 Å². The Morgan fingerprint density at radius 1 is 1.06 bits per heavy atom. The quantitative estimate of drug-likeness (QED) is 0.317. The fourth-order valence-electron chi connectivity index (χ4n) is 3.00. The predicted molar refractivity (Wildman–Crippen MR) is 133 cm³/mol. The highest BCUT2D eigenvalue weighted by Gasteiger charge is 2.16. The van der Waals surface area contributed by atoms with Crippen LogP contribution in [-0.4, -0.2) is 38.0 Å². The van der Waals surface area contributed by atoms with Gasteiger partial charge in [0.15, 0.2) is 9.50 Å². The number of nitrogens with one attached hydrogen (secondary N) is 1. The summed E-state index contributed by atoms with van der Waals surface area (Å²) in [6.07, 6.45) is 0. The summed E-state index contributed by atoms with van der Waals surface area (Å²) in [5, 5.41) is 12.6. The molecule has 4 rings (SSSR count). The van der Waals surface area contributed by atoms with Gasteiger partial charge >= 0.3 is 0 Å². The van der Waals surface area contributed by atoms with E-state index >= 15 is 0 Å². The zero-order valence-corrected chi connectivity index (χ0v) is 20.5. The molecule has 166 valence electrons. The molecule has 0 saturated carbocycles. The number of fused-ring (bicyclic) bond motifs is 1. The van der Waals surface area contributed by atoms with Gasteiger partial charge in [-0.1, -0.05) is 79.8 Å². The van der Waals surface area contributed by atoms with Crippen LogP contribution in [0.15, 0.2) is 64.1 Å². The molecular weight excluding hydrogens is 458 g/mol. The molecule has 1 N–H and O–H groups in total. The van der Waals surface area contributed by atoms with Crippen LogP contribution in [0.25, 0.3) is 10.2 Å². The summed E-state index contributed by atoms with van der Waals surface area (Å²) >= 11 is 4.79. The molecule has 0 spiro atoms. The Labute approximate surface area is 200 Å². The van der Waals surface area contributed by atoms with Crippen LogP contribution >= 0.6 is 34.9 Å². The first-order valence-corrected chi connectivity index (χ1v) is 13.2. The number of thioether (sulfide) groups is 2. The van der Waals surface area contributed by atoms with Crippen LogP contribution < -0.4 is 5.32 Å². The number of rotatable bonds is 10. The minimum Gasteiger partial charge on any atom is -0.355 e. The molecule has 2 aromatic heterocycles. The number of carbonyl (C=O) groups is 1. The normalized spacial score (nSPS) is 11.3. The fourth-order valence-corrected chi connectivity index (χ4v) is 5.79. The Kier molecular flexibility index (Phi) is 7.83. The Bertz CT molecular complexity index is 1140. The monoisotopic (exact) mass is 483 g/mol. The summed E-state index contributed by atoms with van der Waals surface area (Å²) in [4.78, 5) is 16.9. The standard InChI is InChI=1S/C23H25N5OS3/c1-16(2)12-24-21(29)15-30-22-27-26-20(28(22)13-17-8-4-3-5-9-17)14-31-23-25-18-10-6-7-11-19(18)32-23/h3-11,16H,12-15H2,1-2H3,(H,24,29). The minimum absolute atomic E-state index is 0.0170. The lowest BCUT2D eigenvalue weighted by molar-refractivity contribution is -0.118. The summed E-state index contributed by atoms with van der Waals surface area (Å²) in [5.74, 6) is 2.31. The molecule has 0 atom stereocenters. The highest BCUT2D eigenvalue weighted by Crippen LogP contribution is 2.31. The molecule has 32 heavy (non-hydrogen) atoms. The Hall–Kier alpha value is -2.36. The second kappa shape index (κ2) is 11.0. The van der Waals surface area contributed by atoms with Crippen molar-refractivity contribution in [2.24, 2.45) is 5.92 Å². The maximum atomic E-state index is 12.2. The van der Waals surface area contributed by atoms with Crippen LogP contribution in [0.1, 0.15) is 25.2 Å². The van der Waals surface area contributed by atoms with E-state index in [1.165, 1.54) is 22.0 Å². The maximum Gasteiger partial charge on any atom is 0.230 e. The molecule has 9 heteroatoms. The number of thiazole rings is 1. The van der Waals surface area contributed by atoms with Crippen LogP contribution in [0.3, 0.4) is 0 Å². The number of carbonyl (C=O) groups excluding carboxylic acids is 1. The lowest BCUT2D eigenvalue weighted by Crippen LogP contribution is -2.28. The molecule has 2 heterocycles. The summed E-state index contributed by atoms with van der Waals surface area (Å²) in [7, 11) is 0. The van der Waals surface area contributed by atoms with Gasteiger partial charge in [-0.3, -0.25) is 4.79 Å². The second-order valence-electron chi connectivity index (χ2n) is 7.69. The zero-order chi connectivity index (χ0) is 22.3. The summed E-state index contributed by atoms with van der Waals surface area (Å²) in [5.41, 5.74) is 2.19. The molecule has 2 aromatic carbocycles. The molecule has 6 nitrogen and oxygen atoms in total. The maximum absolute atomic E-state index is 12.2. The van der Waals surface area contributed by atoms with E-state index in [0.717, 1.165) is 20.8 Å². The fraction of sp³-hybridized carbons (Fsp3) is 0.304. The highest BCUT2D eigenvalue weighted by molar-refractivity contribution is 8.00. The molecule has 0 radical (unpaired) electrons. The summed E-state index contributed by atoms with van der Waals surface area (Å²) in [6.45, 7) is 5.51. The van der Waals surface area contributed by atoms with Crippen LogP contribution in [0, 0.1) is 5.92 Å². The molecule has 0 fully saturated rings. The van der Waals surface area contributed by atoms with E-state index in [2.05, 4.69) is 52.1 Å². The number of hydrogen-bond acceptors (Lipinski definition) is 7. The van der Waals surface area contributed by atoms with Crippen LogP contribution in [0.5, 0.6) is 0 Å². The van der Waals surface area contributed by atoms with E-state index in [9.17, 15) is 4.79 Å². The van der Waals surface area contributed by atoms with E-state index in [-0.39, 0.29) is 5.91 Å². The molecule has 0 aliphatic heterocycles. The molecule has 0 unspecified atom stereocenters. The minimum atomic E-state index is 0.0170. The zero-order valence-electron chi connectivity index (χ0n) is 18.0. The lowest BCUT2D eigenvalue weighted by atomic mass is 10.2. The van der Waals surface area contributed by atoms with E-state index in [4.69, 9.17) is 4.98 Å². The van der Waals surface area contributed by atoms with Crippen molar-refractivity contribution in [2.45, 2.75) is 35.6 Å². The molecular formula is C23H25N5OS3. The van der Waals surface area contributed by atoms with Gasteiger partial charge in [-0.15, -0.1) is 21.5 Å². The van der Waals surface area contributed by atoms with Crippen molar-refractivity contribution < 1.29 is 4.79 Å². The first kappa shape index (κ1) is 22.8. The van der Waals surface area contributed by atoms with Gasteiger partial charge in [0, 0.05) is 6.54 Å². The Morgan fingerprint density at radius 2 is 1.84 bits per heavy atom. The summed E-state index contributed by atoms with van der Waals surface area (Å²) < 4.78 is 4.31. The van der Waals surface area contributed by atoms with Gasteiger partial charge in [-0.2, -0.15) is 0 Å². The Morgan fingerprint density at radius 3 is 2.62 bits per heavy atom. The van der Waals surface area contributed by atoms with Crippen molar-refractivity contribution in [3.8, 4) is 0 Å². The van der Waals surface area contributed by atoms with Crippen molar-refractivity contribution in [2.75, 3.05) is 12.3 Å². The molecule has 0 aliphatic rings. The first-order chi connectivity index (χ1) is 15.6. The van der Waals surface area contributed by atoms with Gasteiger partial charge in [0.2, 0.25) is 5.91 Å². The van der Waals surface area contributed by atoms with E-state index in [1.54, 1.807) is 23.1 Å². The molecule has 0 aliphatic carbocycles. The third kappa shape index (κ3) is 6.11. The van der Waals surface area contributed by atoms with E-state index < -0.39 is 0 Å². The number of amides is 1.